The number of ether oxygens (including phenoxy) is 1. The van der Waals surface area contributed by atoms with Crippen LogP contribution in [0.1, 0.15) is 47.8 Å². The Hall–Kier alpha value is -1.93. The highest BCUT2D eigenvalue weighted by molar-refractivity contribution is 5.92. The van der Waals surface area contributed by atoms with E-state index in [4.69, 9.17) is 4.74 Å². The molecule has 8 heteroatoms. The summed E-state index contributed by atoms with van der Waals surface area (Å²) >= 11 is 0. The van der Waals surface area contributed by atoms with Gasteiger partial charge in [-0.05, 0) is 44.8 Å². The number of nitrogens with zero attached hydrogens (tertiary/aromatic N) is 4. The number of morpholine rings is 1. The van der Waals surface area contributed by atoms with Gasteiger partial charge >= 0.3 is 0 Å². The van der Waals surface area contributed by atoms with Crippen molar-refractivity contribution in [1.29, 1.82) is 0 Å². The van der Waals surface area contributed by atoms with Gasteiger partial charge in [-0.15, -0.1) is 0 Å². The lowest BCUT2D eigenvalue weighted by atomic mass is 9.94. The number of hydrogen-bond acceptors (Lipinski definition) is 5. The van der Waals surface area contributed by atoms with E-state index in [1.54, 1.807) is 4.90 Å². The first-order chi connectivity index (χ1) is 13.2. The van der Waals surface area contributed by atoms with E-state index < -0.39 is 0 Å². The second-order valence-corrected chi connectivity index (χ2v) is 7.78. The van der Waals surface area contributed by atoms with Crippen molar-refractivity contribution in [3.05, 3.63) is 17.5 Å². The average molecular weight is 375 g/mol. The minimum Gasteiger partial charge on any atom is -0.378 e. The summed E-state index contributed by atoms with van der Waals surface area (Å²) in [5, 5.41) is 7.30. The molecule has 3 fully saturated rings. The lowest BCUT2D eigenvalue weighted by molar-refractivity contribution is -0.133. The third kappa shape index (κ3) is 4.32. The van der Waals surface area contributed by atoms with Crippen LogP contribution < -0.4 is 0 Å². The number of aromatic nitrogens is 2. The summed E-state index contributed by atoms with van der Waals surface area (Å²) in [6, 6.07) is 1.87. The number of hydrogen-bond donors (Lipinski definition) is 1. The molecule has 27 heavy (non-hydrogen) atoms. The number of aromatic amines is 1. The molecule has 4 rings (SSSR count). The Kier molecular flexibility index (Phi) is 5.73. The summed E-state index contributed by atoms with van der Waals surface area (Å²) in [5.41, 5.74) is 1.43. The van der Waals surface area contributed by atoms with Crippen molar-refractivity contribution in [2.45, 2.75) is 31.6 Å². The number of nitrogens with one attached hydrogen (secondary N) is 1. The maximum Gasteiger partial charge on any atom is 0.274 e. The van der Waals surface area contributed by atoms with Gasteiger partial charge in [0.2, 0.25) is 5.91 Å². The molecule has 1 aromatic heterocycles. The van der Waals surface area contributed by atoms with E-state index in [9.17, 15) is 9.59 Å². The third-order valence-electron chi connectivity index (χ3n) is 5.89. The fourth-order valence-corrected chi connectivity index (χ4v) is 4.27. The van der Waals surface area contributed by atoms with Crippen molar-refractivity contribution in [2.24, 2.45) is 0 Å². The Morgan fingerprint density at radius 1 is 1.07 bits per heavy atom. The van der Waals surface area contributed by atoms with Gasteiger partial charge in [0.15, 0.2) is 0 Å². The van der Waals surface area contributed by atoms with Crippen LogP contribution >= 0.6 is 0 Å². The Morgan fingerprint density at radius 3 is 2.63 bits per heavy atom. The van der Waals surface area contributed by atoms with Gasteiger partial charge in [0.25, 0.3) is 5.91 Å². The fraction of sp³-hybridized carbons (Fsp3) is 0.737. The van der Waals surface area contributed by atoms with Gasteiger partial charge in [-0.3, -0.25) is 19.6 Å². The predicted molar refractivity (Wildman–Crippen MR) is 99.5 cm³/mol. The topological polar surface area (TPSA) is 81.8 Å². The summed E-state index contributed by atoms with van der Waals surface area (Å²) < 4.78 is 5.30. The smallest absolute Gasteiger partial charge is 0.274 e. The van der Waals surface area contributed by atoms with E-state index in [1.807, 2.05) is 11.0 Å². The average Bonchev–Trinajstić information content (AvgIpc) is 3.40. The zero-order chi connectivity index (χ0) is 18.6. The van der Waals surface area contributed by atoms with Crippen LogP contribution in [0.5, 0.6) is 0 Å². The molecule has 1 aromatic rings. The molecule has 3 aliphatic rings. The van der Waals surface area contributed by atoms with Crippen molar-refractivity contribution in [1.82, 2.24) is 24.9 Å². The van der Waals surface area contributed by atoms with Crippen LogP contribution in [-0.2, 0) is 9.53 Å². The summed E-state index contributed by atoms with van der Waals surface area (Å²) in [6.07, 6.45) is 4.40. The summed E-state index contributed by atoms with van der Waals surface area (Å²) in [4.78, 5) is 31.2. The van der Waals surface area contributed by atoms with Gasteiger partial charge in [0, 0.05) is 37.8 Å². The van der Waals surface area contributed by atoms with Crippen LogP contribution in [0.15, 0.2) is 6.07 Å². The largest absolute Gasteiger partial charge is 0.378 e. The molecule has 0 saturated carbocycles. The number of likely N-dealkylation sites (tertiary alicyclic amines) is 2. The first kappa shape index (κ1) is 18.4. The number of carbonyl (C=O) groups is 2. The predicted octanol–water partition coefficient (Wildman–Crippen LogP) is 0.684. The number of piperidine rings is 1. The van der Waals surface area contributed by atoms with Crippen molar-refractivity contribution in [3.63, 3.8) is 0 Å². The fourth-order valence-electron chi connectivity index (χ4n) is 4.27. The molecule has 0 radical (unpaired) electrons. The van der Waals surface area contributed by atoms with Crippen molar-refractivity contribution >= 4 is 11.8 Å². The highest BCUT2D eigenvalue weighted by Gasteiger charge is 2.29. The molecule has 2 amide bonds. The van der Waals surface area contributed by atoms with Gasteiger partial charge in [0.1, 0.15) is 5.69 Å². The zero-order valence-electron chi connectivity index (χ0n) is 15.9. The molecule has 0 bridgehead atoms. The molecule has 0 aromatic carbocycles. The molecule has 3 aliphatic heterocycles. The molecule has 4 heterocycles. The molecule has 148 valence electrons. The summed E-state index contributed by atoms with van der Waals surface area (Å²) in [5.74, 6) is 0.407. The molecule has 8 nitrogen and oxygen atoms in total. The zero-order valence-corrected chi connectivity index (χ0v) is 15.9. The lowest BCUT2D eigenvalue weighted by Crippen LogP contribution is -2.44. The van der Waals surface area contributed by atoms with Gasteiger partial charge in [0.05, 0.1) is 19.8 Å². The maximum atomic E-state index is 12.6. The van der Waals surface area contributed by atoms with Gasteiger partial charge < -0.3 is 14.5 Å². The number of H-pyrrole nitrogens is 1. The highest BCUT2D eigenvalue weighted by Crippen LogP contribution is 2.26. The Labute approximate surface area is 159 Å². The molecule has 1 N–H and O–H groups in total. The Morgan fingerprint density at radius 2 is 1.85 bits per heavy atom. The van der Waals surface area contributed by atoms with Gasteiger partial charge in [-0.1, -0.05) is 0 Å². The van der Waals surface area contributed by atoms with E-state index in [1.165, 1.54) is 12.8 Å². The van der Waals surface area contributed by atoms with Crippen LogP contribution in [-0.4, -0.2) is 95.7 Å². The molecule has 0 spiro atoms. The Balaban J connectivity index is 1.36. The standard InChI is InChI=1S/C19H29N5O3/c25-18(14-22-5-1-2-6-22)24-7-3-4-15(13-24)16-12-17(21-20-16)19(26)23-8-10-27-11-9-23/h12,15H,1-11,13-14H2,(H,20,21)/t15-/m0/s1. The van der Waals surface area contributed by atoms with E-state index in [0.29, 0.717) is 45.1 Å². The first-order valence-corrected chi connectivity index (χ1v) is 10.1. The van der Waals surface area contributed by atoms with Crippen LogP contribution in [0.4, 0.5) is 0 Å². The monoisotopic (exact) mass is 375 g/mol. The molecular weight excluding hydrogens is 346 g/mol. The van der Waals surface area contributed by atoms with Crippen molar-refractivity contribution in [2.75, 3.05) is 59.0 Å². The van der Waals surface area contributed by atoms with Gasteiger partial charge in [-0.25, -0.2) is 0 Å². The van der Waals surface area contributed by atoms with Crippen molar-refractivity contribution < 1.29 is 14.3 Å². The number of amides is 2. The van der Waals surface area contributed by atoms with Crippen LogP contribution in [0, 0.1) is 0 Å². The minimum absolute atomic E-state index is 0.0430. The molecule has 0 aliphatic carbocycles. The normalized spacial score (nSPS) is 24.4. The van der Waals surface area contributed by atoms with E-state index in [-0.39, 0.29) is 17.7 Å². The molecule has 1 atom stereocenters. The SMILES string of the molecule is O=C(CN1CCCC1)N1CCC[C@H](c2cc(C(=O)N3CCOCC3)n[nH]2)C1. The van der Waals surface area contributed by atoms with E-state index in [0.717, 1.165) is 38.2 Å². The number of carbonyl (C=O) groups excluding carboxylic acids is 2. The summed E-state index contributed by atoms with van der Waals surface area (Å²) in [6.45, 7) is 6.55. The Bertz CT molecular complexity index is 664. The first-order valence-electron chi connectivity index (χ1n) is 10.1. The van der Waals surface area contributed by atoms with Gasteiger partial charge in [-0.2, -0.15) is 5.10 Å². The molecule has 3 saturated heterocycles. The van der Waals surface area contributed by atoms with Crippen LogP contribution in [0.25, 0.3) is 0 Å². The second-order valence-electron chi connectivity index (χ2n) is 7.78. The number of rotatable bonds is 4. The quantitative estimate of drug-likeness (QED) is 0.837. The summed E-state index contributed by atoms with van der Waals surface area (Å²) in [7, 11) is 0. The second kappa shape index (κ2) is 8.39. The third-order valence-corrected chi connectivity index (χ3v) is 5.89. The minimum atomic E-state index is -0.0430. The molecule has 0 unspecified atom stereocenters. The maximum absolute atomic E-state index is 12.6. The van der Waals surface area contributed by atoms with E-state index >= 15 is 0 Å². The van der Waals surface area contributed by atoms with Crippen LogP contribution in [0.3, 0.4) is 0 Å². The highest BCUT2D eigenvalue weighted by atomic mass is 16.5. The molecular formula is C19H29N5O3. The van der Waals surface area contributed by atoms with Crippen LogP contribution in [0.2, 0.25) is 0 Å². The van der Waals surface area contributed by atoms with E-state index in [2.05, 4.69) is 15.1 Å². The lowest BCUT2D eigenvalue weighted by Gasteiger charge is -2.33. The van der Waals surface area contributed by atoms with Crippen molar-refractivity contribution in [3.8, 4) is 0 Å².